The molecule has 0 bridgehead atoms. The summed E-state index contributed by atoms with van der Waals surface area (Å²) in [5.41, 5.74) is 1.44. The number of hydrogen-bond acceptors (Lipinski definition) is 4. The largest absolute Gasteiger partial charge is 0.349 e. The number of thioether (sulfide) groups is 1. The third-order valence-electron chi connectivity index (χ3n) is 2.64. The van der Waals surface area contributed by atoms with Crippen LogP contribution in [0.4, 0.5) is 0 Å². The van der Waals surface area contributed by atoms with Gasteiger partial charge in [0, 0.05) is 11.8 Å². The number of hydrogen-bond donors (Lipinski definition) is 1. The second-order valence-corrected chi connectivity index (χ2v) is 4.69. The molecule has 0 aliphatic heterocycles. The van der Waals surface area contributed by atoms with Crippen LogP contribution in [0.3, 0.4) is 0 Å². The number of unbranched alkanes of at least 4 members (excludes halogenated alkanes) is 2. The van der Waals surface area contributed by atoms with E-state index < -0.39 is 0 Å². The van der Waals surface area contributed by atoms with E-state index in [-0.39, 0.29) is 5.69 Å². The Balaban J connectivity index is 2.36. The predicted molar refractivity (Wildman–Crippen MR) is 68.6 cm³/mol. The molecule has 0 radical (unpaired) electrons. The highest BCUT2D eigenvalue weighted by molar-refractivity contribution is 7.98. The van der Waals surface area contributed by atoms with Gasteiger partial charge < -0.3 is 0 Å². The van der Waals surface area contributed by atoms with Gasteiger partial charge in [-0.3, -0.25) is 0 Å². The standard InChI is InChI=1S/C11H16N4OS/c1-3-4-5-6-8-7-9-13-14-10(16)15(9)11(12-8)17-2/h7H,3-6H2,1-2H3,(H,14,16). The zero-order valence-electron chi connectivity index (χ0n) is 10.1. The summed E-state index contributed by atoms with van der Waals surface area (Å²) < 4.78 is 1.51. The van der Waals surface area contributed by atoms with Crippen molar-refractivity contribution in [2.45, 2.75) is 37.8 Å². The molecule has 17 heavy (non-hydrogen) atoms. The van der Waals surface area contributed by atoms with Crippen molar-refractivity contribution < 1.29 is 0 Å². The molecule has 0 amide bonds. The second kappa shape index (κ2) is 5.35. The van der Waals surface area contributed by atoms with Gasteiger partial charge in [0.2, 0.25) is 0 Å². The first-order valence-electron chi connectivity index (χ1n) is 5.77. The molecule has 2 aromatic rings. The first-order chi connectivity index (χ1) is 8.26. The number of nitrogens with one attached hydrogen (secondary N) is 1. The summed E-state index contributed by atoms with van der Waals surface area (Å²) in [6.07, 6.45) is 6.38. The third kappa shape index (κ3) is 2.52. The van der Waals surface area contributed by atoms with E-state index in [0.29, 0.717) is 10.8 Å². The maximum Gasteiger partial charge on any atom is 0.349 e. The van der Waals surface area contributed by atoms with Crippen LogP contribution in [0.5, 0.6) is 0 Å². The fraction of sp³-hybridized carbons (Fsp3) is 0.545. The van der Waals surface area contributed by atoms with Crippen LogP contribution >= 0.6 is 11.8 Å². The minimum Gasteiger partial charge on any atom is -0.246 e. The van der Waals surface area contributed by atoms with Gasteiger partial charge >= 0.3 is 5.69 Å². The number of rotatable bonds is 5. The van der Waals surface area contributed by atoms with Crippen molar-refractivity contribution in [2.75, 3.05) is 6.26 Å². The van der Waals surface area contributed by atoms with Gasteiger partial charge in [0.25, 0.3) is 0 Å². The van der Waals surface area contributed by atoms with Crippen molar-refractivity contribution in [3.63, 3.8) is 0 Å². The lowest BCUT2D eigenvalue weighted by molar-refractivity contribution is 0.695. The average molecular weight is 252 g/mol. The lowest BCUT2D eigenvalue weighted by atomic mass is 10.1. The van der Waals surface area contributed by atoms with Gasteiger partial charge in [0.05, 0.1) is 0 Å². The molecule has 1 N–H and O–H groups in total. The van der Waals surface area contributed by atoms with Crippen LogP contribution in [0.15, 0.2) is 16.0 Å². The second-order valence-electron chi connectivity index (χ2n) is 3.91. The average Bonchev–Trinajstić information content (AvgIpc) is 2.71. The molecule has 0 aromatic carbocycles. The van der Waals surface area contributed by atoms with Crippen molar-refractivity contribution >= 4 is 17.4 Å². The third-order valence-corrected chi connectivity index (χ3v) is 3.28. The van der Waals surface area contributed by atoms with Crippen LogP contribution in [0, 0.1) is 0 Å². The molecule has 0 aliphatic carbocycles. The Hall–Kier alpha value is -1.30. The van der Waals surface area contributed by atoms with E-state index in [1.165, 1.54) is 29.0 Å². The van der Waals surface area contributed by atoms with Gasteiger partial charge in [-0.25, -0.2) is 19.3 Å². The van der Waals surface area contributed by atoms with Crippen molar-refractivity contribution in [3.05, 3.63) is 22.2 Å². The number of H-pyrrole nitrogens is 1. The minimum atomic E-state index is -0.225. The lowest BCUT2D eigenvalue weighted by Gasteiger charge is -2.04. The summed E-state index contributed by atoms with van der Waals surface area (Å²) in [6, 6.07) is 1.88. The van der Waals surface area contributed by atoms with Gasteiger partial charge in [-0.2, -0.15) is 5.10 Å². The molecule has 92 valence electrons. The summed E-state index contributed by atoms with van der Waals surface area (Å²) in [6.45, 7) is 2.18. The Bertz CT molecular complexity index is 560. The normalized spacial score (nSPS) is 11.2. The Kier molecular flexibility index (Phi) is 3.83. The summed E-state index contributed by atoms with van der Waals surface area (Å²) in [4.78, 5) is 16.0. The predicted octanol–water partition coefficient (Wildman–Crippen LogP) is 1.87. The zero-order valence-corrected chi connectivity index (χ0v) is 10.9. The van der Waals surface area contributed by atoms with Crippen molar-refractivity contribution in [2.24, 2.45) is 0 Å². The van der Waals surface area contributed by atoms with Crippen LogP contribution in [0.1, 0.15) is 31.9 Å². The lowest BCUT2D eigenvalue weighted by Crippen LogP contribution is -2.13. The molecule has 2 heterocycles. The van der Waals surface area contributed by atoms with E-state index in [2.05, 4.69) is 22.1 Å². The Morgan fingerprint density at radius 2 is 2.29 bits per heavy atom. The fourth-order valence-electron chi connectivity index (χ4n) is 1.77. The van der Waals surface area contributed by atoms with Crippen molar-refractivity contribution in [1.29, 1.82) is 0 Å². The number of nitrogens with zero attached hydrogens (tertiary/aromatic N) is 3. The minimum absolute atomic E-state index is 0.225. The highest BCUT2D eigenvalue weighted by atomic mass is 32.2. The van der Waals surface area contributed by atoms with Crippen LogP contribution < -0.4 is 5.69 Å². The SMILES string of the molecule is CCCCCc1cc2n[nH]c(=O)n2c(SC)n1. The highest BCUT2D eigenvalue weighted by Crippen LogP contribution is 2.14. The van der Waals surface area contributed by atoms with Gasteiger partial charge in [-0.05, 0) is 19.1 Å². The zero-order chi connectivity index (χ0) is 12.3. The molecule has 2 rings (SSSR count). The number of aromatic amines is 1. The summed E-state index contributed by atoms with van der Waals surface area (Å²) in [5.74, 6) is 0. The fourth-order valence-corrected chi connectivity index (χ4v) is 2.33. The van der Waals surface area contributed by atoms with E-state index in [1.54, 1.807) is 0 Å². The molecule has 0 fully saturated rings. The quantitative estimate of drug-likeness (QED) is 0.501. The van der Waals surface area contributed by atoms with Crippen LogP contribution in [0.25, 0.3) is 5.65 Å². The highest BCUT2D eigenvalue weighted by Gasteiger charge is 2.08. The molecule has 0 unspecified atom stereocenters. The summed E-state index contributed by atoms with van der Waals surface area (Å²) in [7, 11) is 0. The van der Waals surface area contributed by atoms with E-state index in [4.69, 9.17) is 0 Å². The molecule has 0 saturated heterocycles. The van der Waals surface area contributed by atoms with Gasteiger partial charge in [-0.1, -0.05) is 31.5 Å². The maximum atomic E-state index is 11.5. The smallest absolute Gasteiger partial charge is 0.246 e. The molecular formula is C11H16N4OS. The molecule has 0 spiro atoms. The van der Waals surface area contributed by atoms with Crippen LogP contribution in [-0.2, 0) is 6.42 Å². The van der Waals surface area contributed by atoms with Gasteiger partial charge in [0.15, 0.2) is 10.8 Å². The number of fused-ring (bicyclic) bond motifs is 1. The van der Waals surface area contributed by atoms with Crippen molar-refractivity contribution in [1.82, 2.24) is 19.6 Å². The molecule has 0 saturated carbocycles. The van der Waals surface area contributed by atoms with Crippen LogP contribution in [0.2, 0.25) is 0 Å². The molecule has 6 heteroatoms. The molecule has 5 nitrogen and oxygen atoms in total. The van der Waals surface area contributed by atoms with Gasteiger partial charge in [0.1, 0.15) is 0 Å². The summed E-state index contributed by atoms with van der Waals surface area (Å²) >= 11 is 1.46. The maximum absolute atomic E-state index is 11.5. The topological polar surface area (TPSA) is 63.0 Å². The molecule has 0 aliphatic rings. The first-order valence-corrected chi connectivity index (χ1v) is 6.99. The molecule has 0 atom stereocenters. The van der Waals surface area contributed by atoms with E-state index in [1.807, 2.05) is 12.3 Å². The monoisotopic (exact) mass is 252 g/mol. The summed E-state index contributed by atoms with van der Waals surface area (Å²) in [5, 5.41) is 7.14. The number of aryl methyl sites for hydroxylation is 1. The molecular weight excluding hydrogens is 236 g/mol. The van der Waals surface area contributed by atoms with Crippen molar-refractivity contribution in [3.8, 4) is 0 Å². The van der Waals surface area contributed by atoms with E-state index in [9.17, 15) is 4.79 Å². The number of aromatic nitrogens is 4. The van der Waals surface area contributed by atoms with E-state index in [0.717, 1.165) is 18.5 Å². The first kappa shape index (κ1) is 12.2. The Morgan fingerprint density at radius 3 is 3.00 bits per heavy atom. The van der Waals surface area contributed by atoms with E-state index >= 15 is 0 Å². The molecule has 2 aromatic heterocycles. The van der Waals surface area contributed by atoms with Gasteiger partial charge in [-0.15, -0.1) is 0 Å². The Morgan fingerprint density at radius 1 is 1.47 bits per heavy atom. The Labute approximate surface area is 104 Å². The van der Waals surface area contributed by atoms with Crippen LogP contribution in [-0.4, -0.2) is 25.8 Å².